The van der Waals surface area contributed by atoms with Crippen molar-refractivity contribution < 1.29 is 9.59 Å². The maximum Gasteiger partial charge on any atom is 0.251 e. The Bertz CT molecular complexity index is 423. The molecule has 0 bridgehead atoms. The number of rotatable bonds is 9. The second-order valence-corrected chi connectivity index (χ2v) is 5.10. The summed E-state index contributed by atoms with van der Waals surface area (Å²) in [6.07, 6.45) is 7.71. The minimum atomic E-state index is -0.125. The van der Waals surface area contributed by atoms with Crippen molar-refractivity contribution >= 4 is 11.7 Å². The van der Waals surface area contributed by atoms with E-state index in [0.717, 1.165) is 12.8 Å². The number of ketones is 1. The monoisotopic (exact) mass is 275 g/mol. The van der Waals surface area contributed by atoms with Crippen LogP contribution in [-0.2, 0) is 0 Å². The number of benzene rings is 1. The fraction of sp³-hybridized carbons (Fsp3) is 0.529. The van der Waals surface area contributed by atoms with E-state index >= 15 is 0 Å². The molecule has 3 heteroatoms. The van der Waals surface area contributed by atoms with Crippen LogP contribution in [0.2, 0.25) is 0 Å². The van der Waals surface area contributed by atoms with Gasteiger partial charge < -0.3 is 5.32 Å². The summed E-state index contributed by atoms with van der Waals surface area (Å²) in [5.74, 6) is 0.0453. The zero-order valence-electron chi connectivity index (χ0n) is 12.6. The Hall–Kier alpha value is -1.64. The van der Waals surface area contributed by atoms with Crippen molar-refractivity contribution in [2.24, 2.45) is 0 Å². The Labute approximate surface area is 121 Å². The largest absolute Gasteiger partial charge is 0.355 e. The lowest BCUT2D eigenvalue weighted by Crippen LogP contribution is -2.17. The Kier molecular flexibility index (Phi) is 7.63. The minimum Gasteiger partial charge on any atom is -0.355 e. The molecule has 0 radical (unpaired) electrons. The van der Waals surface area contributed by atoms with E-state index in [-0.39, 0.29) is 11.7 Å². The molecule has 1 rings (SSSR count). The lowest BCUT2D eigenvalue weighted by Gasteiger charge is -2.03. The number of hydrogen-bond acceptors (Lipinski definition) is 2. The molecular formula is C17H25NO2. The number of Topliss-reactive ketones (excluding diaryl/α,β-unsaturated/α-hetero) is 1. The van der Waals surface area contributed by atoms with E-state index in [1.165, 1.54) is 25.7 Å². The van der Waals surface area contributed by atoms with Gasteiger partial charge in [0, 0.05) is 24.6 Å². The highest BCUT2D eigenvalue weighted by Gasteiger charge is 2.07. The van der Waals surface area contributed by atoms with Gasteiger partial charge in [-0.2, -0.15) is 0 Å². The van der Waals surface area contributed by atoms with Gasteiger partial charge in [0.05, 0.1) is 0 Å². The number of carbonyl (C=O) groups excluding carboxylic acids is 2. The molecule has 0 aromatic heterocycles. The van der Waals surface area contributed by atoms with E-state index in [4.69, 9.17) is 0 Å². The molecule has 0 saturated heterocycles. The summed E-state index contributed by atoms with van der Waals surface area (Å²) in [6.45, 7) is 2.20. The minimum absolute atomic E-state index is 0.125. The van der Waals surface area contributed by atoms with Crippen LogP contribution in [0.15, 0.2) is 24.3 Å². The van der Waals surface area contributed by atoms with Gasteiger partial charge in [0.2, 0.25) is 0 Å². The third-order valence-corrected chi connectivity index (χ3v) is 3.45. The SMILES string of the molecule is CCCCCCCCC(=O)c1ccc(C(=O)NC)cc1. The highest BCUT2D eigenvalue weighted by Crippen LogP contribution is 2.12. The smallest absolute Gasteiger partial charge is 0.251 e. The summed E-state index contributed by atoms with van der Waals surface area (Å²) in [5, 5.41) is 2.56. The lowest BCUT2D eigenvalue weighted by atomic mass is 10.0. The number of unbranched alkanes of at least 4 members (excludes halogenated alkanes) is 5. The van der Waals surface area contributed by atoms with Crippen molar-refractivity contribution in [3.8, 4) is 0 Å². The first-order valence-corrected chi connectivity index (χ1v) is 7.54. The molecule has 1 amide bonds. The molecule has 0 unspecified atom stereocenters. The molecule has 0 aliphatic heterocycles. The summed E-state index contributed by atoms with van der Waals surface area (Å²) in [6, 6.07) is 6.88. The van der Waals surface area contributed by atoms with Crippen LogP contribution in [0.25, 0.3) is 0 Å². The van der Waals surface area contributed by atoms with Gasteiger partial charge in [-0.3, -0.25) is 9.59 Å². The van der Waals surface area contributed by atoms with Crippen LogP contribution in [0.1, 0.15) is 72.6 Å². The first kappa shape index (κ1) is 16.4. The van der Waals surface area contributed by atoms with Crippen LogP contribution in [-0.4, -0.2) is 18.7 Å². The molecule has 20 heavy (non-hydrogen) atoms. The fourth-order valence-corrected chi connectivity index (χ4v) is 2.16. The van der Waals surface area contributed by atoms with Crippen molar-refractivity contribution in [2.45, 2.75) is 51.9 Å². The van der Waals surface area contributed by atoms with Gasteiger partial charge in [-0.25, -0.2) is 0 Å². The Morgan fingerprint density at radius 2 is 1.45 bits per heavy atom. The molecule has 1 N–H and O–H groups in total. The molecule has 110 valence electrons. The van der Waals surface area contributed by atoms with Gasteiger partial charge in [0.1, 0.15) is 0 Å². The van der Waals surface area contributed by atoms with Crippen molar-refractivity contribution in [2.75, 3.05) is 7.05 Å². The number of carbonyl (C=O) groups is 2. The second kappa shape index (κ2) is 9.29. The van der Waals surface area contributed by atoms with Gasteiger partial charge in [-0.05, 0) is 18.6 Å². The first-order valence-electron chi connectivity index (χ1n) is 7.54. The maximum absolute atomic E-state index is 12.0. The molecule has 0 atom stereocenters. The molecule has 0 aliphatic rings. The van der Waals surface area contributed by atoms with Crippen LogP contribution >= 0.6 is 0 Å². The Morgan fingerprint density at radius 3 is 2.05 bits per heavy atom. The van der Waals surface area contributed by atoms with Gasteiger partial charge in [-0.1, -0.05) is 51.2 Å². The summed E-state index contributed by atoms with van der Waals surface area (Å²) >= 11 is 0. The molecule has 0 fully saturated rings. The highest BCUT2D eigenvalue weighted by atomic mass is 16.1. The third kappa shape index (κ3) is 5.55. The Morgan fingerprint density at radius 1 is 0.900 bits per heavy atom. The standard InChI is InChI=1S/C17H25NO2/c1-3-4-5-6-7-8-9-16(19)14-10-12-15(13-11-14)17(20)18-2/h10-13H,3-9H2,1-2H3,(H,18,20). The quantitative estimate of drug-likeness (QED) is 0.547. The summed E-state index contributed by atoms with van der Waals surface area (Å²) in [7, 11) is 1.60. The predicted octanol–water partition coefficient (Wildman–Crippen LogP) is 3.98. The van der Waals surface area contributed by atoms with E-state index in [1.54, 1.807) is 31.3 Å². The van der Waals surface area contributed by atoms with Gasteiger partial charge in [0.25, 0.3) is 5.91 Å². The van der Waals surface area contributed by atoms with E-state index in [9.17, 15) is 9.59 Å². The number of amides is 1. The van der Waals surface area contributed by atoms with Crippen molar-refractivity contribution in [1.82, 2.24) is 5.32 Å². The third-order valence-electron chi connectivity index (χ3n) is 3.45. The number of nitrogens with one attached hydrogen (secondary N) is 1. The average Bonchev–Trinajstić information content (AvgIpc) is 2.50. The normalized spacial score (nSPS) is 10.3. The number of hydrogen-bond donors (Lipinski definition) is 1. The van der Waals surface area contributed by atoms with Crippen molar-refractivity contribution in [1.29, 1.82) is 0 Å². The second-order valence-electron chi connectivity index (χ2n) is 5.10. The van der Waals surface area contributed by atoms with E-state index in [0.29, 0.717) is 17.5 Å². The van der Waals surface area contributed by atoms with Gasteiger partial charge in [0.15, 0.2) is 5.78 Å². The van der Waals surface area contributed by atoms with E-state index < -0.39 is 0 Å². The molecule has 3 nitrogen and oxygen atoms in total. The zero-order chi connectivity index (χ0) is 14.8. The Balaban J connectivity index is 2.34. The molecule has 0 saturated carbocycles. The van der Waals surface area contributed by atoms with Gasteiger partial charge in [-0.15, -0.1) is 0 Å². The van der Waals surface area contributed by atoms with Crippen LogP contribution in [0.4, 0.5) is 0 Å². The molecule has 1 aromatic carbocycles. The predicted molar refractivity (Wildman–Crippen MR) is 82.2 cm³/mol. The van der Waals surface area contributed by atoms with Crippen LogP contribution in [0, 0.1) is 0 Å². The van der Waals surface area contributed by atoms with E-state index in [1.807, 2.05) is 0 Å². The molecule has 0 heterocycles. The zero-order valence-corrected chi connectivity index (χ0v) is 12.6. The van der Waals surface area contributed by atoms with Crippen LogP contribution in [0.3, 0.4) is 0 Å². The highest BCUT2D eigenvalue weighted by molar-refractivity contribution is 5.98. The molecule has 1 aromatic rings. The van der Waals surface area contributed by atoms with E-state index in [2.05, 4.69) is 12.2 Å². The summed E-state index contributed by atoms with van der Waals surface area (Å²) < 4.78 is 0. The first-order chi connectivity index (χ1) is 9.69. The molecule has 0 spiro atoms. The fourth-order valence-electron chi connectivity index (χ4n) is 2.16. The molecule has 0 aliphatic carbocycles. The van der Waals surface area contributed by atoms with Crippen molar-refractivity contribution in [3.05, 3.63) is 35.4 Å². The maximum atomic E-state index is 12.0. The van der Waals surface area contributed by atoms with Crippen LogP contribution < -0.4 is 5.32 Å². The van der Waals surface area contributed by atoms with Gasteiger partial charge >= 0.3 is 0 Å². The van der Waals surface area contributed by atoms with Crippen LogP contribution in [0.5, 0.6) is 0 Å². The molecular weight excluding hydrogens is 250 g/mol. The average molecular weight is 275 g/mol. The summed E-state index contributed by atoms with van der Waals surface area (Å²) in [4.78, 5) is 23.4. The lowest BCUT2D eigenvalue weighted by molar-refractivity contribution is 0.0957. The summed E-state index contributed by atoms with van der Waals surface area (Å²) in [5.41, 5.74) is 1.29. The van der Waals surface area contributed by atoms with Crippen molar-refractivity contribution in [3.63, 3.8) is 0 Å². The topological polar surface area (TPSA) is 46.2 Å².